The summed E-state index contributed by atoms with van der Waals surface area (Å²) in [7, 11) is 0. The number of benzene rings is 2. The zero-order valence-corrected chi connectivity index (χ0v) is 16.1. The van der Waals surface area contributed by atoms with Crippen LogP contribution in [0.3, 0.4) is 0 Å². The Labute approximate surface area is 173 Å². The van der Waals surface area contributed by atoms with Crippen LogP contribution in [0, 0.1) is 11.8 Å². The number of hydrogen-bond acceptors (Lipinski definition) is 4. The number of fused-ring (bicyclic) bond motifs is 4. The molecule has 30 heavy (non-hydrogen) atoms. The molecule has 0 spiro atoms. The Morgan fingerprint density at radius 3 is 2.57 bits per heavy atom. The zero-order chi connectivity index (χ0) is 20.3. The summed E-state index contributed by atoms with van der Waals surface area (Å²) in [4.78, 5) is 20.4. The van der Waals surface area contributed by atoms with E-state index in [1.165, 1.54) is 22.3 Å². The van der Waals surface area contributed by atoms with Crippen molar-refractivity contribution in [2.75, 3.05) is 13.2 Å². The highest BCUT2D eigenvalue weighted by Crippen LogP contribution is 2.44. The molecular formula is C24H18N4O2. The van der Waals surface area contributed by atoms with Gasteiger partial charge in [-0.2, -0.15) is 0 Å². The minimum atomic E-state index is -0.478. The highest BCUT2D eigenvalue weighted by Gasteiger charge is 2.28. The Hall–Kier alpha value is -4.11. The first-order valence-electron chi connectivity index (χ1n) is 9.66. The fourth-order valence-corrected chi connectivity index (χ4v) is 3.84. The average Bonchev–Trinajstić information content (AvgIpc) is 3.34. The van der Waals surface area contributed by atoms with Gasteiger partial charge >= 0.3 is 6.09 Å². The molecule has 0 atom stereocenters. The lowest BCUT2D eigenvalue weighted by Gasteiger charge is -2.14. The van der Waals surface area contributed by atoms with Crippen molar-refractivity contribution in [2.24, 2.45) is 0 Å². The molecule has 1 aliphatic rings. The largest absolute Gasteiger partial charge is 0.449 e. The van der Waals surface area contributed by atoms with Crippen LogP contribution in [0.4, 0.5) is 4.79 Å². The Morgan fingerprint density at radius 2 is 1.80 bits per heavy atom. The molecule has 6 nitrogen and oxygen atoms in total. The maximum atomic E-state index is 12.2. The average molecular weight is 394 g/mol. The van der Waals surface area contributed by atoms with Crippen LogP contribution in [0.2, 0.25) is 0 Å². The Bertz CT molecular complexity index is 1250. The van der Waals surface area contributed by atoms with Gasteiger partial charge in [-0.25, -0.2) is 9.78 Å². The van der Waals surface area contributed by atoms with Gasteiger partial charge in [-0.1, -0.05) is 54.5 Å². The number of carbonyl (C=O) groups is 1. The summed E-state index contributed by atoms with van der Waals surface area (Å²) in [5, 5.41) is 2.69. The Morgan fingerprint density at radius 1 is 1.07 bits per heavy atom. The van der Waals surface area contributed by atoms with E-state index in [4.69, 9.17) is 4.74 Å². The summed E-state index contributed by atoms with van der Waals surface area (Å²) < 4.78 is 7.34. The molecule has 0 bridgehead atoms. The molecule has 1 N–H and O–H groups in total. The van der Waals surface area contributed by atoms with E-state index >= 15 is 0 Å². The van der Waals surface area contributed by atoms with Crippen LogP contribution in [0.1, 0.15) is 22.7 Å². The molecule has 2 aromatic carbocycles. The van der Waals surface area contributed by atoms with E-state index < -0.39 is 6.09 Å². The van der Waals surface area contributed by atoms with Crippen molar-refractivity contribution in [2.45, 2.75) is 5.92 Å². The Kier molecular flexibility index (Phi) is 4.62. The lowest BCUT2D eigenvalue weighted by atomic mass is 9.98. The minimum absolute atomic E-state index is 0.0426. The highest BCUT2D eigenvalue weighted by molar-refractivity contribution is 5.79. The van der Waals surface area contributed by atoms with Crippen LogP contribution in [0.15, 0.2) is 73.3 Å². The van der Waals surface area contributed by atoms with E-state index in [0.717, 1.165) is 11.3 Å². The SMILES string of the molecule is O=C(NCC#Cc1cnc2cnccn12)OCC1c2ccccc2-c2ccccc21. The number of rotatable bonds is 3. The first-order chi connectivity index (χ1) is 14.8. The number of aromatic nitrogens is 3. The summed E-state index contributed by atoms with van der Waals surface area (Å²) in [5.41, 5.74) is 6.25. The third-order valence-corrected chi connectivity index (χ3v) is 5.20. The number of amides is 1. The second kappa shape index (κ2) is 7.72. The highest BCUT2D eigenvalue weighted by atomic mass is 16.5. The number of nitrogens with zero attached hydrogens (tertiary/aromatic N) is 3. The van der Waals surface area contributed by atoms with Gasteiger partial charge in [0.25, 0.3) is 0 Å². The van der Waals surface area contributed by atoms with Crippen molar-refractivity contribution in [3.8, 4) is 23.0 Å². The van der Waals surface area contributed by atoms with Crippen molar-refractivity contribution < 1.29 is 9.53 Å². The fourth-order valence-electron chi connectivity index (χ4n) is 3.84. The summed E-state index contributed by atoms with van der Waals surface area (Å²) in [6, 6.07) is 16.5. The quantitative estimate of drug-likeness (QED) is 0.539. The number of imidazole rings is 1. The first kappa shape index (κ1) is 18.0. The third-order valence-electron chi connectivity index (χ3n) is 5.20. The van der Waals surface area contributed by atoms with Gasteiger partial charge in [0.15, 0.2) is 5.65 Å². The number of hydrogen-bond donors (Lipinski definition) is 1. The summed E-state index contributed by atoms with van der Waals surface area (Å²) in [6.07, 6.45) is 6.34. The second-order valence-electron chi connectivity index (χ2n) is 6.93. The summed E-state index contributed by atoms with van der Waals surface area (Å²) in [5.74, 6) is 5.97. The number of carbonyl (C=O) groups excluding carboxylic acids is 1. The van der Waals surface area contributed by atoms with Crippen LogP contribution < -0.4 is 5.32 Å². The van der Waals surface area contributed by atoms with Crippen molar-refractivity contribution in [1.82, 2.24) is 19.7 Å². The predicted octanol–water partition coefficient (Wildman–Crippen LogP) is 3.62. The predicted molar refractivity (Wildman–Crippen MR) is 113 cm³/mol. The Balaban J connectivity index is 1.21. The molecule has 6 heteroatoms. The molecule has 0 aliphatic heterocycles. The molecule has 2 heterocycles. The minimum Gasteiger partial charge on any atom is -0.449 e. The van der Waals surface area contributed by atoms with Crippen LogP contribution in [-0.2, 0) is 4.74 Å². The molecule has 4 aromatic rings. The molecule has 0 unspecified atom stereocenters. The normalized spacial score (nSPS) is 12.0. The lowest BCUT2D eigenvalue weighted by Crippen LogP contribution is -2.26. The number of nitrogens with one attached hydrogen (secondary N) is 1. The molecule has 0 saturated heterocycles. The van der Waals surface area contributed by atoms with Crippen molar-refractivity contribution >= 4 is 11.7 Å². The first-order valence-corrected chi connectivity index (χ1v) is 9.66. The number of alkyl carbamates (subject to hydrolysis) is 1. The van der Waals surface area contributed by atoms with Crippen LogP contribution in [-0.4, -0.2) is 33.6 Å². The smallest absolute Gasteiger partial charge is 0.407 e. The van der Waals surface area contributed by atoms with Crippen LogP contribution in [0.25, 0.3) is 16.8 Å². The number of ether oxygens (including phenoxy) is 1. The maximum absolute atomic E-state index is 12.2. The summed E-state index contributed by atoms with van der Waals surface area (Å²) >= 11 is 0. The van der Waals surface area contributed by atoms with E-state index in [9.17, 15) is 4.79 Å². The van der Waals surface area contributed by atoms with Gasteiger partial charge in [0.05, 0.1) is 18.9 Å². The van der Waals surface area contributed by atoms with Crippen LogP contribution in [0.5, 0.6) is 0 Å². The maximum Gasteiger partial charge on any atom is 0.407 e. The molecule has 1 amide bonds. The molecule has 0 radical (unpaired) electrons. The monoisotopic (exact) mass is 394 g/mol. The second-order valence-corrected chi connectivity index (χ2v) is 6.93. The fraction of sp³-hybridized carbons (Fsp3) is 0.125. The van der Waals surface area contributed by atoms with Crippen molar-refractivity contribution in [3.05, 3.63) is 90.1 Å². The van der Waals surface area contributed by atoms with Crippen LogP contribution >= 0.6 is 0 Å². The molecule has 5 rings (SSSR count). The van der Waals surface area contributed by atoms with Gasteiger partial charge in [-0.05, 0) is 28.2 Å². The zero-order valence-electron chi connectivity index (χ0n) is 16.1. The van der Waals surface area contributed by atoms with Gasteiger partial charge < -0.3 is 10.1 Å². The molecule has 0 fully saturated rings. The molecule has 0 saturated carbocycles. The topological polar surface area (TPSA) is 68.5 Å². The lowest BCUT2D eigenvalue weighted by molar-refractivity contribution is 0.144. The van der Waals surface area contributed by atoms with Gasteiger partial charge in [0, 0.05) is 18.3 Å². The van der Waals surface area contributed by atoms with Crippen molar-refractivity contribution in [3.63, 3.8) is 0 Å². The molecule has 146 valence electrons. The van der Waals surface area contributed by atoms with Gasteiger partial charge in [0.2, 0.25) is 0 Å². The van der Waals surface area contributed by atoms with E-state index in [1.54, 1.807) is 24.8 Å². The molecule has 1 aliphatic carbocycles. The van der Waals surface area contributed by atoms with Gasteiger partial charge in [-0.15, -0.1) is 0 Å². The van der Waals surface area contributed by atoms with E-state index in [0.29, 0.717) is 0 Å². The molecular weight excluding hydrogens is 376 g/mol. The molecule has 2 aromatic heterocycles. The summed E-state index contributed by atoms with van der Waals surface area (Å²) in [6.45, 7) is 0.475. The van der Waals surface area contributed by atoms with E-state index in [1.807, 2.05) is 28.7 Å². The van der Waals surface area contributed by atoms with Gasteiger partial charge in [-0.3, -0.25) is 9.38 Å². The third kappa shape index (κ3) is 3.27. The van der Waals surface area contributed by atoms with Gasteiger partial charge in [0.1, 0.15) is 12.3 Å². The standard InChI is InChI=1S/C24H18N4O2/c29-24(26-11-5-6-17-14-27-23-15-25-12-13-28(17)23)30-16-22-20-9-3-1-7-18(20)19-8-2-4-10-21(19)22/h1-4,7-10,12-15,22H,11,16H2,(H,26,29). The van der Waals surface area contributed by atoms with E-state index in [-0.39, 0.29) is 19.1 Å². The van der Waals surface area contributed by atoms with E-state index in [2.05, 4.69) is 51.4 Å². The van der Waals surface area contributed by atoms with Crippen molar-refractivity contribution in [1.29, 1.82) is 0 Å².